The minimum atomic E-state index is -6.09. The number of nitrogens with zero attached hydrogens (tertiary/aromatic N) is 4. The van der Waals surface area contributed by atoms with Crippen molar-refractivity contribution in [3.63, 3.8) is 0 Å². The number of quaternary nitrogens is 1. The number of nitrogen functional groups attached to an aromatic ring is 1. The fourth-order valence-electron chi connectivity index (χ4n) is 3.47. The number of fused-ring (bicyclic) bond motifs is 1. The van der Waals surface area contributed by atoms with Crippen LogP contribution in [0.15, 0.2) is 21.1 Å². The first-order valence-corrected chi connectivity index (χ1v) is 13.9. The fraction of sp³-hybridized carbons (Fsp3) is 0.450. The number of rotatable bonds is 8. The Morgan fingerprint density at radius 3 is 2.50 bits per heavy atom. The van der Waals surface area contributed by atoms with Crippen molar-refractivity contribution in [1.82, 2.24) is 15.2 Å². The third kappa shape index (κ3) is 7.63. The topological polar surface area (TPSA) is 204 Å². The molecule has 220 valence electrons. The van der Waals surface area contributed by atoms with Crippen LogP contribution in [-0.4, -0.2) is 114 Å². The number of carbonyl (C=O) groups excluding carboxylic acids is 2. The van der Waals surface area contributed by atoms with Gasteiger partial charge in [0.05, 0.1) is 25.0 Å². The summed E-state index contributed by atoms with van der Waals surface area (Å²) in [4.78, 5) is 48.2. The Balaban J connectivity index is 0.000000611. The van der Waals surface area contributed by atoms with E-state index in [4.69, 9.17) is 30.0 Å². The lowest BCUT2D eigenvalue weighted by Crippen LogP contribution is -2.73. The molecule has 2 atom stereocenters. The van der Waals surface area contributed by atoms with E-state index in [-0.39, 0.29) is 22.2 Å². The predicted octanol–water partition coefficient (Wildman–Crippen LogP) is -0.425. The first-order chi connectivity index (χ1) is 18.3. The Morgan fingerprint density at radius 2 is 2.05 bits per heavy atom. The van der Waals surface area contributed by atoms with Gasteiger partial charge in [0.25, 0.3) is 11.8 Å². The number of terminal acetylenes is 1. The van der Waals surface area contributed by atoms with Crippen LogP contribution in [0.25, 0.3) is 0 Å². The number of hydrogen-bond donors (Lipinski definition) is 3. The molecule has 0 radical (unpaired) electrons. The van der Waals surface area contributed by atoms with E-state index in [0.717, 1.165) is 11.3 Å². The summed E-state index contributed by atoms with van der Waals surface area (Å²) in [5.74, 6) is 0.639. The summed E-state index contributed by atoms with van der Waals surface area (Å²) in [5, 5.41) is 17.9. The molecule has 14 nitrogen and oxygen atoms in total. The van der Waals surface area contributed by atoms with E-state index >= 15 is 0 Å². The number of aromatic nitrogens is 1. The molecule has 1 aromatic heterocycles. The van der Waals surface area contributed by atoms with Crippen molar-refractivity contribution in [2.75, 3.05) is 45.8 Å². The molecule has 2 aliphatic heterocycles. The quantitative estimate of drug-likeness (QED) is 0.0641. The van der Waals surface area contributed by atoms with Crippen molar-refractivity contribution in [1.29, 1.82) is 0 Å². The first kappa shape index (κ1) is 32.8. The molecule has 3 heterocycles. The van der Waals surface area contributed by atoms with Crippen molar-refractivity contribution in [3.05, 3.63) is 21.7 Å². The zero-order chi connectivity index (χ0) is 30.6. The van der Waals surface area contributed by atoms with E-state index in [2.05, 4.69) is 21.4 Å². The van der Waals surface area contributed by atoms with Crippen LogP contribution in [0.1, 0.15) is 5.69 Å². The monoisotopic (exact) mass is 628 g/mol. The molecule has 1 fully saturated rings. The molecule has 2 unspecified atom stereocenters. The maximum absolute atomic E-state index is 12.9. The number of amides is 2. The van der Waals surface area contributed by atoms with Gasteiger partial charge in [-0.25, -0.2) is 18.2 Å². The van der Waals surface area contributed by atoms with E-state index in [1.54, 1.807) is 5.38 Å². The number of carboxylic acid groups (broad SMARTS) is 1. The van der Waals surface area contributed by atoms with Crippen molar-refractivity contribution in [2.45, 2.75) is 17.6 Å². The van der Waals surface area contributed by atoms with Gasteiger partial charge in [-0.15, -0.1) is 29.5 Å². The number of thioether (sulfide) groups is 1. The number of carbonyl (C=O) groups is 3. The van der Waals surface area contributed by atoms with Crippen LogP contribution in [0.5, 0.6) is 0 Å². The maximum Gasteiger partial charge on any atom is 0.485 e. The smallest absolute Gasteiger partial charge is 0.485 e. The highest BCUT2D eigenvalue weighted by atomic mass is 32.2. The number of anilines is 1. The largest absolute Gasteiger partial charge is 0.741 e. The van der Waals surface area contributed by atoms with Gasteiger partial charge in [-0.1, -0.05) is 5.16 Å². The molecular formula is C20H23F3N6O8S3. The van der Waals surface area contributed by atoms with Gasteiger partial charge in [-0.3, -0.25) is 14.5 Å². The lowest BCUT2D eigenvalue weighted by Gasteiger charge is -2.50. The molecule has 4 N–H and O–H groups in total. The van der Waals surface area contributed by atoms with E-state index in [0.29, 0.717) is 28.2 Å². The second-order valence-corrected chi connectivity index (χ2v) is 12.0. The van der Waals surface area contributed by atoms with Gasteiger partial charge in [-0.05, 0) is 5.92 Å². The summed E-state index contributed by atoms with van der Waals surface area (Å²) >= 11 is 2.49. The number of oxime groups is 1. The normalized spacial score (nSPS) is 19.5. The van der Waals surface area contributed by atoms with Crippen molar-refractivity contribution >= 4 is 61.8 Å². The molecule has 0 aliphatic carbocycles. The SMILES string of the molecule is C#CC[N+](C)(C)CC1=C(C(=O)O)N2C(=O)C(NC(=O)C(=NOC)c3csc(N)n3)C2CS1.O=S(=O)([O-])C(F)(F)F. The Labute approximate surface area is 234 Å². The third-order valence-electron chi connectivity index (χ3n) is 5.18. The highest BCUT2D eigenvalue weighted by molar-refractivity contribution is 8.03. The highest BCUT2D eigenvalue weighted by Gasteiger charge is 2.54. The van der Waals surface area contributed by atoms with Crippen LogP contribution in [-0.2, 0) is 29.3 Å². The minimum absolute atomic E-state index is 0.0666. The third-order valence-corrected chi connectivity index (χ3v) is 7.60. The van der Waals surface area contributed by atoms with Gasteiger partial charge in [-0.2, -0.15) is 13.2 Å². The van der Waals surface area contributed by atoms with Crippen molar-refractivity contribution in [2.24, 2.45) is 5.16 Å². The average Bonchev–Trinajstić information content (AvgIpc) is 3.24. The summed E-state index contributed by atoms with van der Waals surface area (Å²) in [6, 6.07) is -1.39. The van der Waals surface area contributed by atoms with Crippen LogP contribution >= 0.6 is 23.1 Å². The van der Waals surface area contributed by atoms with E-state index in [1.165, 1.54) is 23.8 Å². The van der Waals surface area contributed by atoms with Crippen molar-refractivity contribution in [3.8, 4) is 12.3 Å². The molecule has 1 aromatic rings. The second kappa shape index (κ2) is 12.4. The zero-order valence-electron chi connectivity index (χ0n) is 21.0. The van der Waals surface area contributed by atoms with E-state index in [1.807, 2.05) is 14.1 Å². The Hall–Kier alpha value is -3.38. The highest BCUT2D eigenvalue weighted by Crippen LogP contribution is 2.39. The Bertz CT molecular complexity index is 1380. The Kier molecular flexibility index (Phi) is 10.2. The van der Waals surface area contributed by atoms with E-state index < -0.39 is 45.5 Å². The molecule has 2 amide bonds. The number of hydrogen-bond acceptors (Lipinski definition) is 12. The number of nitrogens with two attached hydrogens (primary N) is 1. The fourth-order valence-corrected chi connectivity index (χ4v) is 5.50. The molecule has 40 heavy (non-hydrogen) atoms. The molecule has 3 rings (SSSR count). The van der Waals surface area contributed by atoms with Gasteiger partial charge in [0.2, 0.25) is 0 Å². The summed E-state index contributed by atoms with van der Waals surface area (Å²) in [6.45, 7) is 0.787. The minimum Gasteiger partial charge on any atom is -0.741 e. The molecule has 0 spiro atoms. The lowest BCUT2D eigenvalue weighted by molar-refractivity contribution is -0.877. The predicted molar refractivity (Wildman–Crippen MR) is 136 cm³/mol. The Morgan fingerprint density at radius 1 is 1.45 bits per heavy atom. The van der Waals surface area contributed by atoms with Gasteiger partial charge in [0.1, 0.15) is 37.6 Å². The lowest BCUT2D eigenvalue weighted by atomic mass is 9.94. The van der Waals surface area contributed by atoms with Gasteiger partial charge < -0.3 is 30.0 Å². The molecular weight excluding hydrogens is 605 g/mol. The molecule has 1 saturated heterocycles. The van der Waals surface area contributed by atoms with E-state index in [9.17, 15) is 32.7 Å². The summed E-state index contributed by atoms with van der Waals surface area (Å²) in [5.41, 5.74) is 0.00231. The van der Waals surface area contributed by atoms with Gasteiger partial charge in [0, 0.05) is 11.1 Å². The van der Waals surface area contributed by atoms with Crippen LogP contribution in [0.4, 0.5) is 18.3 Å². The summed E-state index contributed by atoms with van der Waals surface area (Å²) in [6.07, 6.45) is 5.41. The van der Waals surface area contributed by atoms with Gasteiger partial charge in [0.15, 0.2) is 21.0 Å². The van der Waals surface area contributed by atoms with Crippen molar-refractivity contribution < 1.29 is 55.0 Å². The molecule has 0 saturated carbocycles. The van der Waals surface area contributed by atoms with Crippen LogP contribution in [0.3, 0.4) is 0 Å². The first-order valence-electron chi connectivity index (χ1n) is 10.7. The zero-order valence-corrected chi connectivity index (χ0v) is 23.4. The molecule has 2 aliphatic rings. The number of carboxylic acids is 1. The average molecular weight is 629 g/mol. The number of likely N-dealkylation sites (N-methyl/N-ethyl adjacent to an activating group) is 1. The number of β-lactam (4-membered cyclic amide) rings is 1. The maximum atomic E-state index is 12.9. The van der Waals surface area contributed by atoms with Gasteiger partial charge >= 0.3 is 11.5 Å². The summed E-state index contributed by atoms with van der Waals surface area (Å²) in [7, 11) is -1.03. The molecule has 20 heteroatoms. The molecule has 0 bridgehead atoms. The molecule has 0 aromatic carbocycles. The number of aliphatic carboxylic acids is 1. The standard InChI is InChI=1S/C19H22N6O5S2.CHF3O3S/c1-5-6-25(2,3)7-12-15(18(28)29)24-11(9-31-12)14(17(24)27)22-16(26)13(23-30-4)10-8-32-19(20)21-10;2-1(3,4)8(5,6)7/h1,8,11,14H,6-7,9H2,2-4H3,(H3-,20,21,22,26,28,29);(H,5,6,7). The second-order valence-electron chi connectivity index (χ2n) is 8.66. The van der Waals surface area contributed by atoms with Crippen LogP contribution in [0, 0.1) is 12.3 Å². The number of thiazole rings is 1. The summed E-state index contributed by atoms with van der Waals surface area (Å²) < 4.78 is 59.3. The number of halogens is 3. The number of alkyl halides is 3. The number of nitrogens with one attached hydrogen (secondary N) is 1. The van der Waals surface area contributed by atoms with Crippen LogP contribution in [0.2, 0.25) is 0 Å². The van der Waals surface area contributed by atoms with Crippen LogP contribution < -0.4 is 11.1 Å².